The van der Waals surface area contributed by atoms with Crippen LogP contribution in [-0.4, -0.2) is 39.6 Å². The molecule has 0 aromatic heterocycles. The van der Waals surface area contributed by atoms with Gasteiger partial charge in [0.05, 0.1) is 0 Å². The van der Waals surface area contributed by atoms with Crippen LogP contribution in [0.3, 0.4) is 0 Å². The molecule has 0 saturated carbocycles. The summed E-state index contributed by atoms with van der Waals surface area (Å²) in [6.45, 7) is 0.790. The normalized spacial score (nSPS) is 27.8. The van der Waals surface area contributed by atoms with Gasteiger partial charge in [-0.3, -0.25) is 9.69 Å². The van der Waals surface area contributed by atoms with Crippen LogP contribution in [0.25, 0.3) is 0 Å². The minimum Gasteiger partial charge on any atom is -0.480 e. The number of carboxylic acid groups (broad SMARTS) is 1. The molecule has 4 heteroatoms. The molecule has 0 spiro atoms. The standard InChI is InChI=1S/C15H19NO2S/c17-15(18)14-8-11-4-1-2-5-12(11)9-16(14)13-6-3-7-19-10-13/h1-2,4-5,13-14H,3,6-10H2,(H,17,18). The van der Waals surface area contributed by atoms with Crippen molar-refractivity contribution in [2.24, 2.45) is 0 Å². The largest absolute Gasteiger partial charge is 0.480 e. The number of carbonyl (C=O) groups is 1. The fraction of sp³-hybridized carbons (Fsp3) is 0.533. The van der Waals surface area contributed by atoms with Gasteiger partial charge in [-0.05, 0) is 36.1 Å². The van der Waals surface area contributed by atoms with Crippen LogP contribution in [0.4, 0.5) is 0 Å². The Morgan fingerprint density at radius 1 is 1.32 bits per heavy atom. The Morgan fingerprint density at radius 3 is 2.79 bits per heavy atom. The van der Waals surface area contributed by atoms with E-state index in [9.17, 15) is 9.90 Å². The lowest BCUT2D eigenvalue weighted by atomic mass is 9.92. The van der Waals surface area contributed by atoms with E-state index in [-0.39, 0.29) is 6.04 Å². The first-order valence-electron chi connectivity index (χ1n) is 6.89. The predicted octanol–water partition coefficient (Wildman–Crippen LogP) is 2.39. The van der Waals surface area contributed by atoms with E-state index >= 15 is 0 Å². The predicted molar refractivity (Wildman–Crippen MR) is 77.5 cm³/mol. The lowest BCUT2D eigenvalue weighted by molar-refractivity contribution is -0.145. The van der Waals surface area contributed by atoms with Crippen molar-refractivity contribution in [3.05, 3.63) is 35.4 Å². The van der Waals surface area contributed by atoms with Crippen LogP contribution >= 0.6 is 11.8 Å². The first-order chi connectivity index (χ1) is 9.25. The van der Waals surface area contributed by atoms with Crippen LogP contribution in [0, 0.1) is 0 Å². The highest BCUT2D eigenvalue weighted by Crippen LogP contribution is 2.30. The summed E-state index contributed by atoms with van der Waals surface area (Å²) in [5.74, 6) is 1.62. The van der Waals surface area contributed by atoms with Gasteiger partial charge in [0.15, 0.2) is 0 Å². The maximum Gasteiger partial charge on any atom is 0.321 e. The van der Waals surface area contributed by atoms with Crippen molar-refractivity contribution in [2.75, 3.05) is 11.5 Å². The van der Waals surface area contributed by atoms with Crippen LogP contribution < -0.4 is 0 Å². The van der Waals surface area contributed by atoms with E-state index in [0.717, 1.165) is 18.7 Å². The maximum atomic E-state index is 11.6. The lowest BCUT2D eigenvalue weighted by Gasteiger charge is -2.41. The summed E-state index contributed by atoms with van der Waals surface area (Å²) in [4.78, 5) is 13.8. The fourth-order valence-electron chi connectivity index (χ4n) is 3.14. The molecule has 2 heterocycles. The Morgan fingerprint density at radius 2 is 2.11 bits per heavy atom. The van der Waals surface area contributed by atoms with E-state index in [1.165, 1.54) is 23.3 Å². The number of hydrogen-bond donors (Lipinski definition) is 1. The van der Waals surface area contributed by atoms with Gasteiger partial charge in [-0.15, -0.1) is 0 Å². The van der Waals surface area contributed by atoms with E-state index in [4.69, 9.17) is 0 Å². The molecule has 2 atom stereocenters. The van der Waals surface area contributed by atoms with Crippen molar-refractivity contribution in [3.8, 4) is 0 Å². The first kappa shape index (κ1) is 13.0. The highest BCUT2D eigenvalue weighted by Gasteiger charge is 2.36. The topological polar surface area (TPSA) is 40.5 Å². The van der Waals surface area contributed by atoms with Gasteiger partial charge >= 0.3 is 5.97 Å². The second-order valence-electron chi connectivity index (χ2n) is 5.37. The molecule has 1 aromatic carbocycles. The Labute approximate surface area is 118 Å². The van der Waals surface area contributed by atoms with Crippen molar-refractivity contribution in [2.45, 2.75) is 37.9 Å². The minimum atomic E-state index is -0.676. The van der Waals surface area contributed by atoms with Crippen molar-refractivity contribution in [3.63, 3.8) is 0 Å². The van der Waals surface area contributed by atoms with Gasteiger partial charge in [0.25, 0.3) is 0 Å². The zero-order valence-electron chi connectivity index (χ0n) is 10.9. The molecule has 19 heavy (non-hydrogen) atoms. The SMILES string of the molecule is O=C(O)C1Cc2ccccc2CN1C1CCCSC1. The van der Waals surface area contributed by atoms with Gasteiger partial charge in [0.1, 0.15) is 6.04 Å². The third kappa shape index (κ3) is 2.65. The summed E-state index contributed by atoms with van der Waals surface area (Å²) >= 11 is 1.96. The molecule has 1 saturated heterocycles. The molecule has 0 aliphatic carbocycles. The number of aliphatic carboxylic acids is 1. The van der Waals surface area contributed by atoms with Gasteiger partial charge in [-0.2, -0.15) is 11.8 Å². The zero-order valence-corrected chi connectivity index (χ0v) is 11.7. The van der Waals surface area contributed by atoms with Gasteiger partial charge < -0.3 is 5.11 Å². The molecule has 1 aromatic rings. The molecule has 2 unspecified atom stereocenters. The highest BCUT2D eigenvalue weighted by atomic mass is 32.2. The molecule has 3 nitrogen and oxygen atoms in total. The molecule has 0 amide bonds. The third-order valence-electron chi connectivity index (χ3n) is 4.18. The minimum absolute atomic E-state index is 0.349. The number of fused-ring (bicyclic) bond motifs is 1. The monoisotopic (exact) mass is 277 g/mol. The molecular weight excluding hydrogens is 258 g/mol. The van der Waals surface area contributed by atoms with Gasteiger partial charge in [0, 0.05) is 18.3 Å². The second kappa shape index (κ2) is 5.55. The summed E-state index contributed by atoms with van der Waals surface area (Å²) in [7, 11) is 0. The summed E-state index contributed by atoms with van der Waals surface area (Å²) in [6, 6.07) is 8.33. The molecule has 1 fully saturated rings. The number of thioether (sulfide) groups is 1. The highest BCUT2D eigenvalue weighted by molar-refractivity contribution is 7.99. The van der Waals surface area contributed by atoms with Gasteiger partial charge in [-0.1, -0.05) is 24.3 Å². The number of rotatable bonds is 2. The molecule has 1 N–H and O–H groups in total. The smallest absolute Gasteiger partial charge is 0.321 e. The first-order valence-corrected chi connectivity index (χ1v) is 8.04. The van der Waals surface area contributed by atoms with E-state index in [0.29, 0.717) is 12.5 Å². The third-order valence-corrected chi connectivity index (χ3v) is 5.37. The average molecular weight is 277 g/mol. The van der Waals surface area contributed by atoms with Crippen LogP contribution in [0.2, 0.25) is 0 Å². The van der Waals surface area contributed by atoms with Crippen LogP contribution in [0.5, 0.6) is 0 Å². The molecule has 2 aliphatic rings. The van der Waals surface area contributed by atoms with E-state index in [1.807, 2.05) is 23.9 Å². The number of nitrogens with zero attached hydrogens (tertiary/aromatic N) is 1. The number of hydrogen-bond acceptors (Lipinski definition) is 3. The van der Waals surface area contributed by atoms with Crippen molar-refractivity contribution < 1.29 is 9.90 Å². The summed E-state index contributed by atoms with van der Waals surface area (Å²) in [5.41, 5.74) is 2.50. The fourth-order valence-corrected chi connectivity index (χ4v) is 4.31. The molecule has 0 bridgehead atoms. The Hall–Kier alpha value is -1.00. The van der Waals surface area contributed by atoms with Crippen LogP contribution in [-0.2, 0) is 17.8 Å². The van der Waals surface area contributed by atoms with Gasteiger partial charge in [-0.25, -0.2) is 0 Å². The molecule has 3 rings (SSSR count). The second-order valence-corrected chi connectivity index (χ2v) is 6.52. The van der Waals surface area contributed by atoms with E-state index in [1.54, 1.807) is 0 Å². The summed E-state index contributed by atoms with van der Waals surface area (Å²) in [6.07, 6.45) is 2.99. The van der Waals surface area contributed by atoms with Crippen molar-refractivity contribution >= 4 is 17.7 Å². The average Bonchev–Trinajstić information content (AvgIpc) is 2.46. The molecule has 2 aliphatic heterocycles. The van der Waals surface area contributed by atoms with Crippen molar-refractivity contribution in [1.29, 1.82) is 0 Å². The zero-order chi connectivity index (χ0) is 13.2. The van der Waals surface area contributed by atoms with Crippen molar-refractivity contribution in [1.82, 2.24) is 4.90 Å². The quantitative estimate of drug-likeness (QED) is 0.901. The van der Waals surface area contributed by atoms with Crippen LogP contribution in [0.15, 0.2) is 24.3 Å². The van der Waals surface area contributed by atoms with Gasteiger partial charge in [0.2, 0.25) is 0 Å². The Bertz CT molecular complexity index is 471. The van der Waals surface area contributed by atoms with E-state index in [2.05, 4.69) is 17.0 Å². The molecule has 0 radical (unpaired) electrons. The maximum absolute atomic E-state index is 11.6. The van der Waals surface area contributed by atoms with Crippen LogP contribution in [0.1, 0.15) is 24.0 Å². The Balaban J connectivity index is 1.86. The lowest BCUT2D eigenvalue weighted by Crippen LogP contribution is -2.52. The summed E-state index contributed by atoms with van der Waals surface area (Å²) in [5, 5.41) is 9.52. The van der Waals surface area contributed by atoms with E-state index < -0.39 is 5.97 Å². The summed E-state index contributed by atoms with van der Waals surface area (Å²) < 4.78 is 0. The molecular formula is C15H19NO2S. The number of benzene rings is 1. The molecule has 102 valence electrons. The Kier molecular flexibility index (Phi) is 3.80. The number of carboxylic acids is 1.